The molecule has 0 unspecified atom stereocenters. The molecule has 0 radical (unpaired) electrons. The number of hydrogen-bond donors (Lipinski definition) is 1. The number of ether oxygens (including phenoxy) is 1. The third kappa shape index (κ3) is 3.57. The maximum atomic E-state index is 11.3. The normalized spacial score (nSPS) is 23.7. The summed E-state index contributed by atoms with van der Waals surface area (Å²) in [6.07, 6.45) is 2.04. The Bertz CT molecular complexity index is 246. The number of nitrogens with zero attached hydrogens (tertiary/aromatic N) is 2. The van der Waals surface area contributed by atoms with E-state index in [1.807, 2.05) is 4.90 Å². The van der Waals surface area contributed by atoms with Crippen LogP contribution in [-0.4, -0.2) is 68.8 Å². The van der Waals surface area contributed by atoms with E-state index in [2.05, 4.69) is 10.2 Å². The van der Waals surface area contributed by atoms with Crippen LogP contribution in [0.1, 0.15) is 12.8 Å². The van der Waals surface area contributed by atoms with Gasteiger partial charge in [-0.15, -0.1) is 0 Å². The highest BCUT2D eigenvalue weighted by atomic mass is 16.5. The van der Waals surface area contributed by atoms with Gasteiger partial charge in [-0.3, -0.25) is 0 Å². The molecule has 0 spiro atoms. The van der Waals surface area contributed by atoms with Gasteiger partial charge in [0.05, 0.1) is 7.11 Å². The fraction of sp³-hybridized carbons (Fsp3) is 0.917. The van der Waals surface area contributed by atoms with Crippen molar-refractivity contribution in [3.8, 4) is 0 Å². The minimum Gasteiger partial charge on any atom is -0.453 e. The van der Waals surface area contributed by atoms with Crippen LogP contribution in [0.25, 0.3) is 0 Å². The molecule has 2 aliphatic rings. The first-order valence-electron chi connectivity index (χ1n) is 6.55. The summed E-state index contributed by atoms with van der Waals surface area (Å²) in [4.78, 5) is 15.7. The van der Waals surface area contributed by atoms with Gasteiger partial charge in [0.15, 0.2) is 0 Å². The van der Waals surface area contributed by atoms with E-state index in [-0.39, 0.29) is 6.09 Å². The van der Waals surface area contributed by atoms with E-state index in [0.717, 1.165) is 58.0 Å². The van der Waals surface area contributed by atoms with Crippen molar-refractivity contribution in [1.82, 2.24) is 15.1 Å². The topological polar surface area (TPSA) is 44.8 Å². The van der Waals surface area contributed by atoms with E-state index in [4.69, 9.17) is 4.74 Å². The molecule has 2 heterocycles. The van der Waals surface area contributed by atoms with E-state index in [9.17, 15) is 4.79 Å². The summed E-state index contributed by atoms with van der Waals surface area (Å²) in [5.41, 5.74) is 0. The van der Waals surface area contributed by atoms with Gasteiger partial charge in [0.1, 0.15) is 0 Å². The zero-order chi connectivity index (χ0) is 12.1. The quantitative estimate of drug-likeness (QED) is 0.758. The van der Waals surface area contributed by atoms with Crippen LogP contribution >= 0.6 is 0 Å². The molecule has 1 N–H and O–H groups in total. The monoisotopic (exact) mass is 241 g/mol. The molecule has 0 bridgehead atoms. The van der Waals surface area contributed by atoms with Crippen molar-refractivity contribution < 1.29 is 9.53 Å². The zero-order valence-corrected chi connectivity index (χ0v) is 10.7. The second kappa shape index (κ2) is 6.21. The minimum absolute atomic E-state index is 0.175. The summed E-state index contributed by atoms with van der Waals surface area (Å²) >= 11 is 0. The summed E-state index contributed by atoms with van der Waals surface area (Å²) in [6.45, 7) is 7.44. The van der Waals surface area contributed by atoms with Gasteiger partial charge in [0, 0.05) is 45.8 Å². The van der Waals surface area contributed by atoms with Crippen LogP contribution in [0.15, 0.2) is 0 Å². The molecule has 5 nitrogen and oxygen atoms in total. The highest BCUT2D eigenvalue weighted by Crippen LogP contribution is 2.19. The van der Waals surface area contributed by atoms with E-state index in [1.54, 1.807) is 0 Å². The van der Waals surface area contributed by atoms with Gasteiger partial charge in [0.2, 0.25) is 0 Å². The highest BCUT2D eigenvalue weighted by molar-refractivity contribution is 5.67. The average Bonchev–Trinajstić information content (AvgIpc) is 2.40. The molecule has 0 atom stereocenters. The van der Waals surface area contributed by atoms with Crippen LogP contribution in [0.5, 0.6) is 0 Å². The first-order chi connectivity index (χ1) is 8.29. The van der Waals surface area contributed by atoms with Crippen molar-refractivity contribution in [2.75, 3.05) is 52.9 Å². The number of carbonyl (C=O) groups is 1. The molecule has 2 saturated heterocycles. The van der Waals surface area contributed by atoms with Crippen LogP contribution in [0.2, 0.25) is 0 Å². The number of methoxy groups -OCH3 is 1. The van der Waals surface area contributed by atoms with Crippen LogP contribution < -0.4 is 5.32 Å². The second-order valence-electron chi connectivity index (χ2n) is 4.95. The first-order valence-corrected chi connectivity index (χ1v) is 6.55. The van der Waals surface area contributed by atoms with Crippen LogP contribution in [0.3, 0.4) is 0 Å². The van der Waals surface area contributed by atoms with E-state index >= 15 is 0 Å². The van der Waals surface area contributed by atoms with E-state index in [1.165, 1.54) is 13.7 Å². The van der Waals surface area contributed by atoms with E-state index in [0.29, 0.717) is 0 Å². The van der Waals surface area contributed by atoms with Crippen molar-refractivity contribution in [2.24, 2.45) is 5.92 Å². The van der Waals surface area contributed by atoms with Gasteiger partial charge < -0.3 is 19.9 Å². The smallest absolute Gasteiger partial charge is 0.409 e. The Morgan fingerprint density at radius 2 is 1.88 bits per heavy atom. The lowest BCUT2D eigenvalue weighted by atomic mass is 9.96. The van der Waals surface area contributed by atoms with Gasteiger partial charge >= 0.3 is 6.09 Å². The molecule has 1 amide bonds. The SMILES string of the molecule is COC(=O)N1CCC(CN2CCNCC2)CC1. The number of rotatable bonds is 2. The van der Waals surface area contributed by atoms with Crippen LogP contribution in [0.4, 0.5) is 4.79 Å². The second-order valence-corrected chi connectivity index (χ2v) is 4.95. The standard InChI is InChI=1S/C12H23N3O2/c1-17-12(16)15-6-2-11(3-7-15)10-14-8-4-13-5-9-14/h11,13H,2-10H2,1H3. The highest BCUT2D eigenvalue weighted by Gasteiger charge is 2.24. The zero-order valence-electron chi connectivity index (χ0n) is 10.7. The Kier molecular flexibility index (Phi) is 4.62. The number of hydrogen-bond acceptors (Lipinski definition) is 4. The number of carbonyl (C=O) groups excluding carboxylic acids is 1. The van der Waals surface area contributed by atoms with Gasteiger partial charge in [-0.2, -0.15) is 0 Å². The molecule has 0 aromatic rings. The summed E-state index contributed by atoms with van der Waals surface area (Å²) in [5.74, 6) is 0.744. The number of amides is 1. The average molecular weight is 241 g/mol. The van der Waals surface area contributed by atoms with Gasteiger partial charge in [-0.05, 0) is 18.8 Å². The maximum absolute atomic E-state index is 11.3. The predicted molar refractivity (Wildman–Crippen MR) is 66.0 cm³/mol. The first kappa shape index (κ1) is 12.6. The Balaban J connectivity index is 1.69. The van der Waals surface area contributed by atoms with Crippen LogP contribution in [0, 0.1) is 5.92 Å². The van der Waals surface area contributed by atoms with Crippen molar-refractivity contribution >= 4 is 6.09 Å². The van der Waals surface area contributed by atoms with Crippen molar-refractivity contribution in [3.05, 3.63) is 0 Å². The molecular formula is C12H23N3O2. The maximum Gasteiger partial charge on any atom is 0.409 e. The predicted octanol–water partition coefficient (Wildman–Crippen LogP) is 0.370. The summed E-state index contributed by atoms with van der Waals surface area (Å²) in [7, 11) is 1.45. The van der Waals surface area contributed by atoms with Gasteiger partial charge in [-0.1, -0.05) is 0 Å². The molecular weight excluding hydrogens is 218 g/mol. The summed E-state index contributed by atoms with van der Waals surface area (Å²) in [6, 6.07) is 0. The number of nitrogens with one attached hydrogen (secondary N) is 1. The van der Waals surface area contributed by atoms with Crippen LogP contribution in [-0.2, 0) is 4.74 Å². The molecule has 0 aromatic heterocycles. The third-order valence-corrected chi connectivity index (χ3v) is 3.77. The molecule has 2 rings (SSSR count). The fourth-order valence-electron chi connectivity index (χ4n) is 2.69. The lowest BCUT2D eigenvalue weighted by Gasteiger charge is -2.35. The fourth-order valence-corrected chi connectivity index (χ4v) is 2.69. The Labute approximate surface area is 103 Å². The van der Waals surface area contributed by atoms with Gasteiger partial charge in [0.25, 0.3) is 0 Å². The molecule has 2 aliphatic heterocycles. The minimum atomic E-state index is -0.175. The largest absolute Gasteiger partial charge is 0.453 e. The van der Waals surface area contributed by atoms with Crippen molar-refractivity contribution in [3.63, 3.8) is 0 Å². The lowest BCUT2D eigenvalue weighted by molar-refractivity contribution is 0.0963. The van der Waals surface area contributed by atoms with Crippen molar-refractivity contribution in [1.29, 1.82) is 0 Å². The van der Waals surface area contributed by atoms with Gasteiger partial charge in [-0.25, -0.2) is 4.79 Å². The molecule has 2 fully saturated rings. The lowest BCUT2D eigenvalue weighted by Crippen LogP contribution is -2.47. The van der Waals surface area contributed by atoms with Crippen molar-refractivity contribution in [2.45, 2.75) is 12.8 Å². The summed E-state index contributed by atoms with van der Waals surface area (Å²) in [5, 5.41) is 3.37. The molecule has 98 valence electrons. The molecule has 5 heteroatoms. The Hall–Kier alpha value is -0.810. The number of likely N-dealkylation sites (tertiary alicyclic amines) is 1. The number of piperazine rings is 1. The molecule has 0 aliphatic carbocycles. The molecule has 0 aromatic carbocycles. The summed E-state index contributed by atoms with van der Waals surface area (Å²) < 4.78 is 4.74. The Morgan fingerprint density at radius 1 is 1.24 bits per heavy atom. The molecule has 0 saturated carbocycles. The molecule has 17 heavy (non-hydrogen) atoms. The third-order valence-electron chi connectivity index (χ3n) is 3.77. The number of piperidine rings is 1. The van der Waals surface area contributed by atoms with E-state index < -0.39 is 0 Å². The Morgan fingerprint density at radius 3 is 2.47 bits per heavy atom.